The van der Waals surface area contributed by atoms with Crippen molar-refractivity contribution in [2.45, 2.75) is 26.4 Å². The summed E-state index contributed by atoms with van der Waals surface area (Å²) < 4.78 is 6.71. The van der Waals surface area contributed by atoms with Gasteiger partial charge in [-0.05, 0) is 19.4 Å². The minimum atomic E-state index is -0.186. The number of nitrogens with one attached hydrogen (secondary N) is 1. The van der Waals surface area contributed by atoms with E-state index < -0.39 is 0 Å². The molecule has 2 aromatic rings. The van der Waals surface area contributed by atoms with Crippen molar-refractivity contribution in [3.8, 4) is 5.75 Å². The maximum atomic E-state index is 12.2. The summed E-state index contributed by atoms with van der Waals surface area (Å²) in [5.41, 5.74) is 1.58. The number of methoxy groups -OCH3 is 1. The van der Waals surface area contributed by atoms with Gasteiger partial charge in [0, 0.05) is 11.8 Å². The molecule has 0 saturated heterocycles. The van der Waals surface area contributed by atoms with Crippen molar-refractivity contribution >= 4 is 5.91 Å². The highest BCUT2D eigenvalue weighted by atomic mass is 16.5. The van der Waals surface area contributed by atoms with Gasteiger partial charge in [-0.25, -0.2) is 0 Å². The van der Waals surface area contributed by atoms with E-state index in [0.717, 1.165) is 5.56 Å². The second-order valence-electron chi connectivity index (χ2n) is 5.18. The van der Waals surface area contributed by atoms with E-state index >= 15 is 0 Å². The fourth-order valence-electron chi connectivity index (χ4n) is 2.24. The van der Waals surface area contributed by atoms with Crippen LogP contribution >= 0.6 is 0 Å². The number of rotatable bonds is 5. The molecule has 5 heteroatoms. The number of aryl methyl sites for hydroxylation is 1. The Labute approximate surface area is 129 Å². The van der Waals surface area contributed by atoms with Crippen molar-refractivity contribution in [3.63, 3.8) is 0 Å². The first kappa shape index (κ1) is 15.8. The highest BCUT2D eigenvalue weighted by Crippen LogP contribution is 2.11. The number of pyridine rings is 1. The first-order valence-electron chi connectivity index (χ1n) is 7.10. The van der Waals surface area contributed by atoms with Gasteiger partial charge in [0.1, 0.15) is 6.54 Å². The molecular weight excluding hydrogens is 280 g/mol. The molecule has 116 valence electrons. The van der Waals surface area contributed by atoms with E-state index in [9.17, 15) is 9.59 Å². The molecule has 1 aromatic heterocycles. The van der Waals surface area contributed by atoms with Gasteiger partial charge in [0.25, 0.3) is 0 Å². The molecule has 1 amide bonds. The van der Waals surface area contributed by atoms with Crippen LogP contribution in [0.5, 0.6) is 5.75 Å². The average molecular weight is 300 g/mol. The number of carbonyl (C=O) groups is 1. The lowest BCUT2D eigenvalue weighted by Crippen LogP contribution is -2.31. The van der Waals surface area contributed by atoms with Gasteiger partial charge in [-0.1, -0.05) is 30.3 Å². The Balaban J connectivity index is 2.08. The number of benzene rings is 1. The number of aromatic nitrogens is 1. The second-order valence-corrected chi connectivity index (χ2v) is 5.18. The Hall–Kier alpha value is -2.56. The van der Waals surface area contributed by atoms with E-state index in [1.165, 1.54) is 13.2 Å². The quantitative estimate of drug-likeness (QED) is 0.919. The SMILES string of the molecule is COc1cn(CC(=O)N[C@@H](C)c2ccccc2)c(C)cc1=O. The Morgan fingerprint density at radius 1 is 1.32 bits per heavy atom. The lowest BCUT2D eigenvalue weighted by atomic mass is 10.1. The number of hydrogen-bond acceptors (Lipinski definition) is 3. The molecule has 0 bridgehead atoms. The summed E-state index contributed by atoms with van der Waals surface area (Å²) >= 11 is 0. The minimum absolute atomic E-state index is 0.0738. The van der Waals surface area contributed by atoms with Crippen LogP contribution < -0.4 is 15.5 Å². The molecular formula is C17H20N2O3. The number of ether oxygens (including phenoxy) is 1. The molecule has 0 unspecified atom stereocenters. The van der Waals surface area contributed by atoms with Crippen LogP contribution in [0.15, 0.2) is 47.4 Å². The van der Waals surface area contributed by atoms with Crippen molar-refractivity contribution in [3.05, 3.63) is 64.1 Å². The van der Waals surface area contributed by atoms with Gasteiger partial charge in [0.15, 0.2) is 5.75 Å². The molecule has 1 atom stereocenters. The van der Waals surface area contributed by atoms with Crippen molar-refractivity contribution < 1.29 is 9.53 Å². The maximum Gasteiger partial charge on any atom is 0.240 e. The van der Waals surface area contributed by atoms with Crippen LogP contribution in [-0.2, 0) is 11.3 Å². The Kier molecular flexibility index (Phi) is 4.99. The molecule has 0 radical (unpaired) electrons. The predicted molar refractivity (Wildman–Crippen MR) is 85.0 cm³/mol. The largest absolute Gasteiger partial charge is 0.491 e. The Morgan fingerprint density at radius 3 is 2.64 bits per heavy atom. The molecule has 0 aliphatic heterocycles. The van der Waals surface area contributed by atoms with Crippen LogP contribution in [0.2, 0.25) is 0 Å². The molecule has 0 aliphatic carbocycles. The molecule has 2 rings (SSSR count). The van der Waals surface area contributed by atoms with E-state index in [4.69, 9.17) is 4.74 Å². The van der Waals surface area contributed by atoms with Gasteiger partial charge in [-0.3, -0.25) is 9.59 Å². The predicted octanol–water partition coefficient (Wildman–Crippen LogP) is 2.04. The zero-order valence-corrected chi connectivity index (χ0v) is 13.0. The van der Waals surface area contributed by atoms with Crippen molar-refractivity contribution in [1.29, 1.82) is 0 Å². The standard InChI is InChI=1S/C17H20N2O3/c1-12-9-15(20)16(22-3)10-19(12)11-17(21)18-13(2)14-7-5-4-6-8-14/h4-10,13H,11H2,1-3H3,(H,18,21)/t13-/m0/s1. The lowest BCUT2D eigenvalue weighted by molar-refractivity contribution is -0.122. The van der Waals surface area contributed by atoms with Gasteiger partial charge in [0.2, 0.25) is 11.3 Å². The number of nitrogens with zero attached hydrogens (tertiary/aromatic N) is 1. The number of amides is 1. The molecule has 22 heavy (non-hydrogen) atoms. The van der Waals surface area contributed by atoms with E-state index in [2.05, 4.69) is 5.32 Å². The minimum Gasteiger partial charge on any atom is -0.491 e. The monoisotopic (exact) mass is 300 g/mol. The van der Waals surface area contributed by atoms with Crippen molar-refractivity contribution in [1.82, 2.24) is 9.88 Å². The zero-order chi connectivity index (χ0) is 16.1. The highest BCUT2D eigenvalue weighted by molar-refractivity contribution is 5.76. The molecule has 1 N–H and O–H groups in total. The van der Waals surface area contributed by atoms with Crippen molar-refractivity contribution in [2.75, 3.05) is 7.11 Å². The van der Waals surface area contributed by atoms with Gasteiger partial charge < -0.3 is 14.6 Å². The van der Waals surface area contributed by atoms with Crippen molar-refractivity contribution in [2.24, 2.45) is 0 Å². The maximum absolute atomic E-state index is 12.2. The topological polar surface area (TPSA) is 60.3 Å². The highest BCUT2D eigenvalue weighted by Gasteiger charge is 2.11. The summed E-state index contributed by atoms with van der Waals surface area (Å²) in [4.78, 5) is 23.8. The summed E-state index contributed by atoms with van der Waals surface area (Å²) in [7, 11) is 1.44. The average Bonchev–Trinajstić information content (AvgIpc) is 2.50. The third-order valence-corrected chi connectivity index (χ3v) is 3.52. The van der Waals surface area contributed by atoms with E-state index in [0.29, 0.717) is 5.69 Å². The van der Waals surface area contributed by atoms with Crippen LogP contribution in [0, 0.1) is 6.92 Å². The summed E-state index contributed by atoms with van der Waals surface area (Å²) in [6, 6.07) is 11.1. The van der Waals surface area contributed by atoms with Crippen LogP contribution in [0.3, 0.4) is 0 Å². The van der Waals surface area contributed by atoms with Gasteiger partial charge in [-0.15, -0.1) is 0 Å². The molecule has 5 nitrogen and oxygen atoms in total. The zero-order valence-electron chi connectivity index (χ0n) is 13.0. The second kappa shape index (κ2) is 6.93. The Morgan fingerprint density at radius 2 is 2.00 bits per heavy atom. The molecule has 1 aromatic carbocycles. The van der Waals surface area contributed by atoms with E-state index in [1.54, 1.807) is 17.7 Å². The summed E-state index contributed by atoms with van der Waals surface area (Å²) in [6.45, 7) is 3.86. The molecule has 0 fully saturated rings. The number of hydrogen-bond donors (Lipinski definition) is 1. The van der Waals surface area contributed by atoms with Gasteiger partial charge >= 0.3 is 0 Å². The van der Waals surface area contributed by atoms with Crippen LogP contribution in [0.4, 0.5) is 0 Å². The summed E-state index contributed by atoms with van der Waals surface area (Å²) in [5, 5.41) is 2.95. The smallest absolute Gasteiger partial charge is 0.240 e. The third kappa shape index (κ3) is 3.75. The molecule has 1 heterocycles. The summed E-state index contributed by atoms with van der Waals surface area (Å²) in [5.74, 6) is 0.111. The fraction of sp³-hybridized carbons (Fsp3) is 0.294. The van der Waals surface area contributed by atoms with Crippen LogP contribution in [0.25, 0.3) is 0 Å². The molecule has 0 saturated carbocycles. The Bertz CT molecular complexity index is 708. The molecule has 0 aliphatic rings. The van der Waals surface area contributed by atoms with Gasteiger partial charge in [-0.2, -0.15) is 0 Å². The third-order valence-electron chi connectivity index (χ3n) is 3.52. The van der Waals surface area contributed by atoms with E-state index in [1.807, 2.05) is 37.3 Å². The normalized spacial score (nSPS) is 11.8. The molecule has 0 spiro atoms. The first-order valence-corrected chi connectivity index (χ1v) is 7.10. The fourth-order valence-corrected chi connectivity index (χ4v) is 2.24. The lowest BCUT2D eigenvalue weighted by Gasteiger charge is -2.16. The summed E-state index contributed by atoms with van der Waals surface area (Å²) in [6.07, 6.45) is 1.56. The van der Waals surface area contributed by atoms with Crippen LogP contribution in [0.1, 0.15) is 24.2 Å². The first-order chi connectivity index (χ1) is 10.5. The van der Waals surface area contributed by atoms with Crippen LogP contribution in [-0.4, -0.2) is 17.6 Å². The van der Waals surface area contributed by atoms with E-state index in [-0.39, 0.29) is 29.7 Å². The number of carbonyl (C=O) groups excluding carboxylic acids is 1. The van der Waals surface area contributed by atoms with Gasteiger partial charge in [0.05, 0.1) is 19.3 Å².